The van der Waals surface area contributed by atoms with Crippen molar-refractivity contribution in [3.63, 3.8) is 0 Å². The molecule has 1 aliphatic rings. The summed E-state index contributed by atoms with van der Waals surface area (Å²) in [6, 6.07) is 17.1. The van der Waals surface area contributed by atoms with Crippen LogP contribution < -0.4 is 4.74 Å². The number of ether oxygens (including phenoxy) is 5. The molecule has 0 bridgehead atoms. The number of hydrogen-bond acceptors (Lipinski definition) is 7. The van der Waals surface area contributed by atoms with Crippen molar-refractivity contribution in [3.8, 4) is 5.75 Å². The molecule has 34 heavy (non-hydrogen) atoms. The second-order valence-electron chi connectivity index (χ2n) is 7.90. The lowest BCUT2D eigenvalue weighted by Gasteiger charge is -2.43. The van der Waals surface area contributed by atoms with E-state index in [-0.39, 0.29) is 19.6 Å². The van der Waals surface area contributed by atoms with E-state index in [1.165, 1.54) is 0 Å². The number of hydrogen-bond donors (Lipinski definition) is 1. The summed E-state index contributed by atoms with van der Waals surface area (Å²) in [4.78, 5) is 12.4. The maximum absolute atomic E-state index is 12.4. The van der Waals surface area contributed by atoms with E-state index in [4.69, 9.17) is 23.7 Å². The molecule has 184 valence electrons. The molecule has 1 fully saturated rings. The van der Waals surface area contributed by atoms with E-state index in [0.29, 0.717) is 18.8 Å². The fraction of sp³-hybridized carbons (Fsp3) is 0.423. The van der Waals surface area contributed by atoms with Crippen molar-refractivity contribution < 1.29 is 33.6 Å². The number of halogens is 1. The molecule has 0 aromatic heterocycles. The molecule has 1 heterocycles. The van der Waals surface area contributed by atoms with Crippen LogP contribution in [0.4, 0.5) is 0 Å². The molecule has 0 spiro atoms. The van der Waals surface area contributed by atoms with Crippen LogP contribution in [0.5, 0.6) is 5.75 Å². The van der Waals surface area contributed by atoms with Crippen molar-refractivity contribution in [1.29, 1.82) is 0 Å². The molecule has 3 rings (SSSR count). The SMILES string of the molecule is C=CCO[C@H]1[C@@H](O)[C@H](COCc2ccccc2)O[C@@H](Oc2ccc(I)cc2)[C@H]1OC(=O)CCC. The van der Waals surface area contributed by atoms with Gasteiger partial charge in [-0.2, -0.15) is 0 Å². The van der Waals surface area contributed by atoms with Crippen LogP contribution in [0.1, 0.15) is 25.3 Å². The van der Waals surface area contributed by atoms with Gasteiger partial charge in [-0.25, -0.2) is 0 Å². The molecular formula is C26H31IO7. The second kappa shape index (κ2) is 13.8. The lowest BCUT2D eigenvalue weighted by Crippen LogP contribution is -2.62. The van der Waals surface area contributed by atoms with E-state index in [9.17, 15) is 9.90 Å². The van der Waals surface area contributed by atoms with Gasteiger partial charge in [-0.1, -0.05) is 43.3 Å². The zero-order valence-electron chi connectivity index (χ0n) is 19.2. The first kappa shape index (κ1) is 26.6. The summed E-state index contributed by atoms with van der Waals surface area (Å²) in [7, 11) is 0. The van der Waals surface area contributed by atoms with Gasteiger partial charge in [0.15, 0.2) is 6.10 Å². The quantitative estimate of drug-likeness (QED) is 0.228. The van der Waals surface area contributed by atoms with Crippen LogP contribution in [0.3, 0.4) is 0 Å². The predicted molar refractivity (Wildman–Crippen MR) is 135 cm³/mol. The zero-order valence-corrected chi connectivity index (χ0v) is 21.3. The number of carbonyl (C=O) groups is 1. The van der Waals surface area contributed by atoms with Gasteiger partial charge >= 0.3 is 5.97 Å². The first-order chi connectivity index (χ1) is 16.5. The van der Waals surface area contributed by atoms with Crippen LogP contribution in [0.2, 0.25) is 0 Å². The maximum atomic E-state index is 12.4. The molecule has 2 aromatic carbocycles. The maximum Gasteiger partial charge on any atom is 0.306 e. The fourth-order valence-corrected chi connectivity index (χ4v) is 3.91. The number of rotatable bonds is 12. The number of carbonyl (C=O) groups excluding carboxylic acids is 1. The monoisotopic (exact) mass is 582 g/mol. The number of esters is 1. The summed E-state index contributed by atoms with van der Waals surface area (Å²) in [5, 5.41) is 11.1. The van der Waals surface area contributed by atoms with Gasteiger partial charge in [0, 0.05) is 9.99 Å². The van der Waals surface area contributed by atoms with Gasteiger partial charge in [-0.05, 0) is 58.8 Å². The zero-order chi connectivity index (χ0) is 24.3. The summed E-state index contributed by atoms with van der Waals surface area (Å²) in [6.07, 6.45) is -2.27. The molecule has 0 aliphatic carbocycles. The second-order valence-corrected chi connectivity index (χ2v) is 9.14. The Hall–Kier alpha value is -1.98. The van der Waals surface area contributed by atoms with E-state index in [0.717, 1.165) is 9.13 Å². The first-order valence-electron chi connectivity index (χ1n) is 11.3. The summed E-state index contributed by atoms with van der Waals surface area (Å²) in [5.74, 6) is 0.135. The molecule has 0 amide bonds. The Morgan fingerprint density at radius 1 is 1.15 bits per heavy atom. The van der Waals surface area contributed by atoms with Crippen molar-refractivity contribution >= 4 is 28.6 Å². The van der Waals surface area contributed by atoms with Crippen molar-refractivity contribution in [2.45, 2.75) is 57.1 Å². The van der Waals surface area contributed by atoms with Crippen LogP contribution in [-0.4, -0.2) is 55.0 Å². The Kier molecular flexibility index (Phi) is 10.8. The van der Waals surface area contributed by atoms with Crippen molar-refractivity contribution in [1.82, 2.24) is 0 Å². The van der Waals surface area contributed by atoms with E-state index < -0.39 is 36.7 Å². The van der Waals surface area contributed by atoms with Gasteiger partial charge < -0.3 is 28.8 Å². The Balaban J connectivity index is 1.78. The van der Waals surface area contributed by atoms with E-state index in [2.05, 4.69) is 29.2 Å². The molecule has 0 saturated carbocycles. The molecular weight excluding hydrogens is 551 g/mol. The average Bonchev–Trinajstić information content (AvgIpc) is 2.83. The highest BCUT2D eigenvalue weighted by Crippen LogP contribution is 2.29. The highest BCUT2D eigenvalue weighted by Gasteiger charge is 2.49. The normalized spacial score (nSPS) is 24.4. The van der Waals surface area contributed by atoms with Gasteiger partial charge in [0.25, 0.3) is 0 Å². The summed E-state index contributed by atoms with van der Waals surface area (Å²) >= 11 is 2.21. The van der Waals surface area contributed by atoms with E-state index in [1.807, 2.05) is 61.5 Å². The molecule has 5 atom stereocenters. The highest BCUT2D eigenvalue weighted by molar-refractivity contribution is 14.1. The van der Waals surface area contributed by atoms with Gasteiger partial charge in [0.05, 0.1) is 19.8 Å². The molecule has 0 radical (unpaired) electrons. The lowest BCUT2D eigenvalue weighted by atomic mass is 9.98. The minimum absolute atomic E-state index is 0.103. The Morgan fingerprint density at radius 3 is 2.56 bits per heavy atom. The third-order valence-corrected chi connectivity index (χ3v) is 5.93. The van der Waals surface area contributed by atoms with E-state index in [1.54, 1.807) is 6.08 Å². The van der Waals surface area contributed by atoms with E-state index >= 15 is 0 Å². The average molecular weight is 582 g/mol. The Bertz CT molecular complexity index is 890. The summed E-state index contributed by atoms with van der Waals surface area (Å²) in [6.45, 7) is 6.20. The van der Waals surface area contributed by atoms with Crippen molar-refractivity contribution in [2.24, 2.45) is 0 Å². The van der Waals surface area contributed by atoms with Crippen LogP contribution in [0.25, 0.3) is 0 Å². The molecule has 1 aliphatic heterocycles. The van der Waals surface area contributed by atoms with Crippen LogP contribution in [0.15, 0.2) is 67.3 Å². The van der Waals surface area contributed by atoms with Gasteiger partial charge in [0.1, 0.15) is 24.1 Å². The van der Waals surface area contributed by atoms with Crippen LogP contribution in [0, 0.1) is 3.57 Å². The van der Waals surface area contributed by atoms with Crippen molar-refractivity contribution in [3.05, 3.63) is 76.4 Å². The molecule has 8 heteroatoms. The Morgan fingerprint density at radius 2 is 1.88 bits per heavy atom. The fourth-order valence-electron chi connectivity index (χ4n) is 3.55. The predicted octanol–water partition coefficient (Wildman–Crippen LogP) is 4.26. The summed E-state index contributed by atoms with van der Waals surface area (Å²) in [5.41, 5.74) is 1.00. The number of benzene rings is 2. The third-order valence-electron chi connectivity index (χ3n) is 5.21. The number of aliphatic hydroxyl groups excluding tert-OH is 1. The van der Waals surface area contributed by atoms with Crippen LogP contribution >= 0.6 is 22.6 Å². The smallest absolute Gasteiger partial charge is 0.306 e. The Labute approximate surface area is 214 Å². The van der Waals surface area contributed by atoms with Gasteiger partial charge in [0.2, 0.25) is 6.29 Å². The third kappa shape index (κ3) is 7.78. The minimum Gasteiger partial charge on any atom is -0.461 e. The van der Waals surface area contributed by atoms with Crippen LogP contribution in [-0.2, 0) is 30.3 Å². The number of aliphatic hydroxyl groups is 1. The lowest BCUT2D eigenvalue weighted by molar-refractivity contribution is -0.291. The van der Waals surface area contributed by atoms with Gasteiger partial charge in [-0.3, -0.25) is 4.79 Å². The molecule has 1 N–H and O–H groups in total. The van der Waals surface area contributed by atoms with Gasteiger partial charge in [-0.15, -0.1) is 6.58 Å². The first-order valence-corrected chi connectivity index (χ1v) is 12.4. The van der Waals surface area contributed by atoms with Crippen molar-refractivity contribution in [2.75, 3.05) is 13.2 Å². The molecule has 1 saturated heterocycles. The minimum atomic E-state index is -1.10. The largest absolute Gasteiger partial charge is 0.461 e. The molecule has 0 unspecified atom stereocenters. The highest BCUT2D eigenvalue weighted by atomic mass is 127. The topological polar surface area (TPSA) is 83.5 Å². The molecule has 7 nitrogen and oxygen atoms in total. The summed E-state index contributed by atoms with van der Waals surface area (Å²) < 4.78 is 30.6. The standard InChI is InChI=1S/C26H31IO7/c1-3-8-22(28)34-25-24(31-15-4-2)23(29)21(17-30-16-18-9-6-5-7-10-18)33-26(25)32-20-13-11-19(27)12-14-20/h4-7,9-14,21,23-26,29H,2-3,8,15-17H2,1H3/t21-,23-,24-,25-,26+/m0/s1. The molecule has 2 aromatic rings.